The molecule has 8 heteroatoms. The first-order chi connectivity index (χ1) is 11.3. The summed E-state index contributed by atoms with van der Waals surface area (Å²) in [6, 6.07) is 4.96. The van der Waals surface area contributed by atoms with Gasteiger partial charge in [0, 0.05) is 19.0 Å². The van der Waals surface area contributed by atoms with Gasteiger partial charge in [0.05, 0.1) is 24.1 Å². The molecule has 1 aromatic rings. The van der Waals surface area contributed by atoms with Crippen molar-refractivity contribution in [2.75, 3.05) is 24.2 Å². The number of hydrogen-bond donors (Lipinski definition) is 1. The number of nitrogens with zero attached hydrogens (tertiary/aromatic N) is 1. The Balaban J connectivity index is 2.06. The Kier molecular flexibility index (Phi) is 6.34. The molecular weight excluding hydrogens is 352 g/mol. The molecule has 24 heavy (non-hydrogen) atoms. The van der Waals surface area contributed by atoms with E-state index in [0.717, 1.165) is 31.9 Å². The molecule has 0 aliphatic heterocycles. The van der Waals surface area contributed by atoms with Crippen molar-refractivity contribution >= 4 is 33.2 Å². The van der Waals surface area contributed by atoms with Crippen molar-refractivity contribution in [1.82, 2.24) is 5.32 Å². The second kappa shape index (κ2) is 8.07. The molecule has 0 saturated heterocycles. The van der Waals surface area contributed by atoms with Gasteiger partial charge in [0.2, 0.25) is 15.9 Å². The lowest BCUT2D eigenvalue weighted by molar-refractivity contribution is -0.121. The van der Waals surface area contributed by atoms with Crippen LogP contribution in [0.1, 0.15) is 32.1 Å². The fraction of sp³-hybridized carbons (Fsp3) is 0.562. The molecular formula is C16H23ClN2O4S. The molecule has 0 aromatic heterocycles. The Morgan fingerprint density at radius 1 is 1.38 bits per heavy atom. The first kappa shape index (κ1) is 18.9. The van der Waals surface area contributed by atoms with Crippen LogP contribution in [0, 0.1) is 0 Å². The summed E-state index contributed by atoms with van der Waals surface area (Å²) in [5.41, 5.74) is 0.414. The quantitative estimate of drug-likeness (QED) is 0.795. The van der Waals surface area contributed by atoms with Gasteiger partial charge < -0.3 is 10.1 Å². The number of carbonyl (C=O) groups is 1. The van der Waals surface area contributed by atoms with E-state index in [9.17, 15) is 13.2 Å². The van der Waals surface area contributed by atoms with Crippen LogP contribution in [0.5, 0.6) is 5.75 Å². The van der Waals surface area contributed by atoms with Crippen molar-refractivity contribution in [2.45, 2.75) is 38.1 Å². The standard InChI is InChI=1S/C16H23ClN2O4S/c1-23-15-8-7-13(11-14(15)17)19(24(2,21)22)10-9-16(20)18-12-5-3-4-6-12/h7-8,11-12H,3-6,9-10H2,1-2H3,(H,18,20). The topological polar surface area (TPSA) is 75.7 Å². The molecule has 1 saturated carbocycles. The van der Waals surface area contributed by atoms with Crippen LogP contribution < -0.4 is 14.4 Å². The molecule has 1 amide bonds. The number of rotatable bonds is 7. The van der Waals surface area contributed by atoms with Gasteiger partial charge in [-0.3, -0.25) is 9.10 Å². The predicted molar refractivity (Wildman–Crippen MR) is 95.2 cm³/mol. The summed E-state index contributed by atoms with van der Waals surface area (Å²) in [5.74, 6) is 0.336. The minimum absolute atomic E-state index is 0.0695. The summed E-state index contributed by atoms with van der Waals surface area (Å²) in [6.07, 6.45) is 5.47. The fourth-order valence-electron chi connectivity index (χ4n) is 2.87. The van der Waals surface area contributed by atoms with E-state index >= 15 is 0 Å². The highest BCUT2D eigenvalue weighted by Gasteiger charge is 2.21. The number of nitrogens with one attached hydrogen (secondary N) is 1. The van der Waals surface area contributed by atoms with Gasteiger partial charge in [-0.25, -0.2) is 8.42 Å². The van der Waals surface area contributed by atoms with E-state index in [1.54, 1.807) is 12.1 Å². The van der Waals surface area contributed by atoms with Crippen molar-refractivity contribution in [3.8, 4) is 5.75 Å². The van der Waals surface area contributed by atoms with E-state index in [-0.39, 0.29) is 24.9 Å². The van der Waals surface area contributed by atoms with Crippen molar-refractivity contribution in [3.63, 3.8) is 0 Å². The normalized spacial score (nSPS) is 15.3. The van der Waals surface area contributed by atoms with Gasteiger partial charge in [-0.15, -0.1) is 0 Å². The van der Waals surface area contributed by atoms with Crippen molar-refractivity contribution in [3.05, 3.63) is 23.2 Å². The molecule has 0 unspecified atom stereocenters. The van der Waals surface area contributed by atoms with E-state index < -0.39 is 10.0 Å². The van der Waals surface area contributed by atoms with Crippen LogP contribution in [0.25, 0.3) is 0 Å². The van der Waals surface area contributed by atoms with Crippen molar-refractivity contribution < 1.29 is 17.9 Å². The first-order valence-electron chi connectivity index (χ1n) is 7.92. The molecule has 2 rings (SSSR count). The largest absolute Gasteiger partial charge is 0.495 e. The summed E-state index contributed by atoms with van der Waals surface area (Å²) in [4.78, 5) is 12.1. The van der Waals surface area contributed by atoms with E-state index in [0.29, 0.717) is 16.5 Å². The second-order valence-electron chi connectivity index (χ2n) is 5.95. The average molecular weight is 375 g/mol. The molecule has 0 atom stereocenters. The monoisotopic (exact) mass is 374 g/mol. The predicted octanol–water partition coefficient (Wildman–Crippen LogP) is 2.56. The number of benzene rings is 1. The van der Waals surface area contributed by atoms with Crippen LogP contribution in [-0.2, 0) is 14.8 Å². The number of halogens is 1. The molecule has 0 heterocycles. The smallest absolute Gasteiger partial charge is 0.232 e. The van der Waals surface area contributed by atoms with Crippen LogP contribution in [-0.4, -0.2) is 40.3 Å². The maximum atomic E-state index is 12.1. The number of amides is 1. The lowest BCUT2D eigenvalue weighted by Crippen LogP contribution is -2.37. The highest BCUT2D eigenvalue weighted by Crippen LogP contribution is 2.30. The number of ether oxygens (including phenoxy) is 1. The zero-order valence-electron chi connectivity index (χ0n) is 13.9. The molecule has 0 radical (unpaired) electrons. The molecule has 0 spiro atoms. The van der Waals surface area contributed by atoms with E-state index in [1.807, 2.05) is 0 Å². The average Bonchev–Trinajstić information content (AvgIpc) is 2.99. The third-order valence-electron chi connectivity index (χ3n) is 4.09. The second-order valence-corrected chi connectivity index (χ2v) is 8.27. The fourth-order valence-corrected chi connectivity index (χ4v) is 4.04. The zero-order valence-corrected chi connectivity index (χ0v) is 15.5. The highest BCUT2D eigenvalue weighted by molar-refractivity contribution is 7.92. The first-order valence-corrected chi connectivity index (χ1v) is 10.1. The van der Waals surface area contributed by atoms with Crippen LogP contribution >= 0.6 is 11.6 Å². The maximum absolute atomic E-state index is 12.1. The number of methoxy groups -OCH3 is 1. The van der Waals surface area contributed by atoms with Gasteiger partial charge in [-0.05, 0) is 31.0 Å². The number of hydrogen-bond acceptors (Lipinski definition) is 4. The van der Waals surface area contributed by atoms with Gasteiger partial charge in [0.1, 0.15) is 5.75 Å². The Hall–Kier alpha value is -1.47. The minimum Gasteiger partial charge on any atom is -0.495 e. The van der Waals surface area contributed by atoms with E-state index in [2.05, 4.69) is 5.32 Å². The Bertz CT molecular complexity index is 687. The van der Waals surface area contributed by atoms with Gasteiger partial charge >= 0.3 is 0 Å². The maximum Gasteiger partial charge on any atom is 0.232 e. The van der Waals surface area contributed by atoms with Crippen molar-refractivity contribution in [2.24, 2.45) is 0 Å². The molecule has 134 valence electrons. The summed E-state index contributed by atoms with van der Waals surface area (Å²) in [5, 5.41) is 3.28. The lowest BCUT2D eigenvalue weighted by Gasteiger charge is -2.23. The molecule has 1 fully saturated rings. The summed E-state index contributed by atoms with van der Waals surface area (Å²) in [7, 11) is -2.03. The van der Waals surface area contributed by atoms with E-state index in [1.165, 1.54) is 17.5 Å². The van der Waals surface area contributed by atoms with Crippen LogP contribution in [0.3, 0.4) is 0 Å². The molecule has 1 N–H and O–H groups in total. The lowest BCUT2D eigenvalue weighted by atomic mass is 10.2. The molecule has 0 bridgehead atoms. The van der Waals surface area contributed by atoms with E-state index in [4.69, 9.17) is 16.3 Å². The molecule has 1 aliphatic rings. The third kappa shape index (κ3) is 5.01. The number of carbonyl (C=O) groups excluding carboxylic acids is 1. The molecule has 6 nitrogen and oxygen atoms in total. The zero-order chi connectivity index (χ0) is 17.7. The summed E-state index contributed by atoms with van der Waals surface area (Å²) in [6.45, 7) is 0.0695. The van der Waals surface area contributed by atoms with Crippen LogP contribution in [0.2, 0.25) is 5.02 Å². The van der Waals surface area contributed by atoms with Crippen LogP contribution in [0.15, 0.2) is 18.2 Å². The molecule has 1 aliphatic carbocycles. The highest BCUT2D eigenvalue weighted by atomic mass is 35.5. The summed E-state index contributed by atoms with van der Waals surface area (Å²) >= 11 is 6.07. The van der Waals surface area contributed by atoms with Gasteiger partial charge in [-0.1, -0.05) is 24.4 Å². The van der Waals surface area contributed by atoms with Crippen molar-refractivity contribution in [1.29, 1.82) is 0 Å². The third-order valence-corrected chi connectivity index (χ3v) is 5.58. The summed E-state index contributed by atoms with van der Waals surface area (Å²) < 4.78 is 30.4. The van der Waals surface area contributed by atoms with Gasteiger partial charge in [0.25, 0.3) is 0 Å². The Morgan fingerprint density at radius 2 is 2.04 bits per heavy atom. The Morgan fingerprint density at radius 3 is 2.58 bits per heavy atom. The Labute approximate surface area is 148 Å². The molecule has 1 aromatic carbocycles. The van der Waals surface area contributed by atoms with Crippen LogP contribution in [0.4, 0.5) is 5.69 Å². The number of anilines is 1. The minimum atomic E-state index is -3.52. The van der Waals surface area contributed by atoms with Gasteiger partial charge in [0.15, 0.2) is 0 Å². The SMILES string of the molecule is COc1ccc(N(CCC(=O)NC2CCCC2)S(C)(=O)=O)cc1Cl. The number of sulfonamides is 1. The van der Waals surface area contributed by atoms with Gasteiger partial charge in [-0.2, -0.15) is 0 Å².